The topological polar surface area (TPSA) is 95.9 Å². The van der Waals surface area contributed by atoms with Crippen LogP contribution in [-0.2, 0) is 25.5 Å². The Morgan fingerprint density at radius 3 is 2.48 bits per heavy atom. The largest absolute Gasteiger partial charge is 0.508 e. The summed E-state index contributed by atoms with van der Waals surface area (Å²) in [5.74, 6) is -4.12. The number of aromatic hydroxyl groups is 1. The van der Waals surface area contributed by atoms with E-state index in [0.717, 1.165) is 4.90 Å². The number of halogens is 1. The summed E-state index contributed by atoms with van der Waals surface area (Å²) in [6.45, 7) is 1.73. The van der Waals surface area contributed by atoms with E-state index in [1.54, 1.807) is 31.2 Å². The lowest BCUT2D eigenvalue weighted by Crippen LogP contribution is -2.57. The van der Waals surface area contributed by atoms with E-state index in [1.807, 2.05) is 0 Å². The maximum atomic E-state index is 14.7. The summed E-state index contributed by atoms with van der Waals surface area (Å²) in [6, 6.07) is 11.3. The maximum absolute atomic E-state index is 14.7. The fraction of sp³-hybridized carbons (Fsp3) is 0.348. The lowest BCUT2D eigenvalue weighted by molar-refractivity contribution is -0.156. The number of hydrogen-bond acceptors (Lipinski definition) is 6. The first-order valence-electron chi connectivity index (χ1n) is 10.1. The van der Waals surface area contributed by atoms with Gasteiger partial charge in [0.05, 0.1) is 18.4 Å². The summed E-state index contributed by atoms with van der Waals surface area (Å²) in [7, 11) is 1.37. The number of imide groups is 1. The molecule has 4 atom stereocenters. The second kappa shape index (κ2) is 7.77. The number of nitrogens with zero attached hydrogens (tertiary/aromatic N) is 1. The molecule has 8 heteroatoms. The SMILES string of the molecule is CCOC(=O)[C@]1(Cc2ccc(O)cc2)N[C@H](c2ccccc2F)[C@@H]2C(=O)N(C)C(=O)[C@H]21. The van der Waals surface area contributed by atoms with Gasteiger partial charge in [0.25, 0.3) is 0 Å². The van der Waals surface area contributed by atoms with E-state index in [9.17, 15) is 23.9 Å². The molecule has 2 amide bonds. The zero-order valence-electron chi connectivity index (χ0n) is 17.2. The number of benzene rings is 2. The first kappa shape index (κ1) is 21.0. The van der Waals surface area contributed by atoms with Crippen molar-refractivity contribution >= 4 is 17.8 Å². The van der Waals surface area contributed by atoms with Crippen LogP contribution in [0.1, 0.15) is 24.1 Å². The van der Waals surface area contributed by atoms with Crippen LogP contribution in [-0.4, -0.2) is 47.0 Å². The normalized spacial score (nSPS) is 27.5. The third-order valence-corrected chi connectivity index (χ3v) is 6.17. The Morgan fingerprint density at radius 2 is 1.84 bits per heavy atom. The number of likely N-dealkylation sites (tertiary alicyclic amines) is 1. The summed E-state index contributed by atoms with van der Waals surface area (Å²) in [6.07, 6.45) is 0.0328. The molecule has 2 saturated heterocycles. The molecular formula is C23H23FN2O5. The molecule has 162 valence electrons. The van der Waals surface area contributed by atoms with Crippen LogP contribution in [0.15, 0.2) is 48.5 Å². The average Bonchev–Trinajstić information content (AvgIpc) is 3.20. The predicted octanol–water partition coefficient (Wildman–Crippen LogP) is 1.95. The van der Waals surface area contributed by atoms with Gasteiger partial charge in [-0.25, -0.2) is 4.39 Å². The summed E-state index contributed by atoms with van der Waals surface area (Å²) >= 11 is 0. The number of carbonyl (C=O) groups is 3. The molecule has 2 fully saturated rings. The van der Waals surface area contributed by atoms with E-state index in [4.69, 9.17) is 4.74 Å². The molecule has 2 aliphatic heterocycles. The van der Waals surface area contributed by atoms with E-state index in [1.165, 1.54) is 31.3 Å². The summed E-state index contributed by atoms with van der Waals surface area (Å²) < 4.78 is 20.0. The van der Waals surface area contributed by atoms with Gasteiger partial charge in [-0.05, 0) is 30.7 Å². The maximum Gasteiger partial charge on any atom is 0.327 e. The van der Waals surface area contributed by atoms with Gasteiger partial charge in [-0.3, -0.25) is 24.6 Å². The molecule has 2 N–H and O–H groups in total. The highest BCUT2D eigenvalue weighted by Crippen LogP contribution is 2.50. The lowest BCUT2D eigenvalue weighted by Gasteiger charge is -2.32. The molecule has 0 aliphatic carbocycles. The molecule has 0 saturated carbocycles. The Balaban J connectivity index is 1.87. The molecule has 0 spiro atoms. The number of phenols is 1. The minimum absolute atomic E-state index is 0.0328. The van der Waals surface area contributed by atoms with Crippen molar-refractivity contribution in [1.82, 2.24) is 10.2 Å². The van der Waals surface area contributed by atoms with E-state index < -0.39 is 47.0 Å². The second-order valence-corrected chi connectivity index (χ2v) is 7.92. The van der Waals surface area contributed by atoms with Gasteiger partial charge in [0.1, 0.15) is 17.1 Å². The van der Waals surface area contributed by atoms with E-state index >= 15 is 0 Å². The number of hydrogen-bond donors (Lipinski definition) is 2. The first-order valence-corrected chi connectivity index (χ1v) is 10.1. The van der Waals surface area contributed by atoms with Gasteiger partial charge >= 0.3 is 5.97 Å². The number of carbonyl (C=O) groups excluding carboxylic acids is 3. The Labute approximate surface area is 178 Å². The van der Waals surface area contributed by atoms with Crippen LogP contribution in [0.4, 0.5) is 4.39 Å². The Morgan fingerprint density at radius 1 is 1.16 bits per heavy atom. The van der Waals surface area contributed by atoms with Gasteiger partial charge in [-0.15, -0.1) is 0 Å². The summed E-state index contributed by atoms with van der Waals surface area (Å²) in [4.78, 5) is 40.5. The first-order chi connectivity index (χ1) is 14.8. The number of amides is 2. The molecule has 31 heavy (non-hydrogen) atoms. The Kier molecular flexibility index (Phi) is 5.26. The van der Waals surface area contributed by atoms with Crippen LogP contribution in [0.3, 0.4) is 0 Å². The number of nitrogens with one attached hydrogen (secondary N) is 1. The van der Waals surface area contributed by atoms with Crippen LogP contribution in [0.5, 0.6) is 5.75 Å². The standard InChI is InChI=1S/C23H23FN2O5/c1-3-31-22(30)23(12-13-8-10-14(27)11-9-13)18-17(20(28)26(2)21(18)29)19(25-23)15-6-4-5-7-16(15)24/h4-11,17-19,25,27H,3,12H2,1-2H3/t17-,18+,19-,23-/m1/s1. The number of phenolic OH excluding ortho intramolecular Hbond substituents is 1. The molecular weight excluding hydrogens is 403 g/mol. The highest BCUT2D eigenvalue weighted by Gasteiger charge is 2.68. The van der Waals surface area contributed by atoms with Crippen molar-refractivity contribution in [3.63, 3.8) is 0 Å². The Bertz CT molecular complexity index is 1040. The molecule has 4 rings (SSSR count). The number of ether oxygens (including phenoxy) is 1. The second-order valence-electron chi connectivity index (χ2n) is 7.92. The van der Waals surface area contributed by atoms with Crippen molar-refractivity contribution in [2.24, 2.45) is 11.8 Å². The molecule has 2 aromatic carbocycles. The average molecular weight is 426 g/mol. The quantitative estimate of drug-likeness (QED) is 0.561. The zero-order valence-corrected chi connectivity index (χ0v) is 17.2. The summed E-state index contributed by atoms with van der Waals surface area (Å²) in [5, 5.41) is 12.8. The van der Waals surface area contributed by atoms with Crippen molar-refractivity contribution in [2.45, 2.75) is 24.9 Å². The summed E-state index contributed by atoms with van der Waals surface area (Å²) in [5.41, 5.74) is -0.700. The third kappa shape index (κ3) is 3.27. The van der Waals surface area contributed by atoms with Gasteiger partial charge in [0.2, 0.25) is 11.8 Å². The monoisotopic (exact) mass is 426 g/mol. The van der Waals surface area contributed by atoms with E-state index in [2.05, 4.69) is 5.32 Å². The fourth-order valence-corrected chi connectivity index (χ4v) is 4.76. The lowest BCUT2D eigenvalue weighted by atomic mass is 9.76. The minimum Gasteiger partial charge on any atom is -0.508 e. The minimum atomic E-state index is -1.57. The zero-order chi connectivity index (χ0) is 22.3. The van der Waals surface area contributed by atoms with E-state index in [0.29, 0.717) is 5.56 Å². The molecule has 0 aromatic heterocycles. The molecule has 0 radical (unpaired) electrons. The van der Waals surface area contributed by atoms with Crippen LogP contribution in [0.2, 0.25) is 0 Å². The molecule has 7 nitrogen and oxygen atoms in total. The highest BCUT2D eigenvalue weighted by atomic mass is 19.1. The van der Waals surface area contributed by atoms with Crippen LogP contribution in [0.25, 0.3) is 0 Å². The van der Waals surface area contributed by atoms with Crippen LogP contribution in [0, 0.1) is 17.7 Å². The van der Waals surface area contributed by atoms with Gasteiger partial charge in [-0.1, -0.05) is 30.3 Å². The van der Waals surface area contributed by atoms with Gasteiger partial charge in [0, 0.05) is 25.1 Å². The number of rotatable bonds is 5. The molecule has 2 aromatic rings. The van der Waals surface area contributed by atoms with Crippen molar-refractivity contribution in [3.05, 3.63) is 65.5 Å². The van der Waals surface area contributed by atoms with Crippen LogP contribution >= 0.6 is 0 Å². The van der Waals surface area contributed by atoms with Crippen LogP contribution < -0.4 is 5.32 Å². The molecule has 0 unspecified atom stereocenters. The van der Waals surface area contributed by atoms with Gasteiger partial charge < -0.3 is 9.84 Å². The van der Waals surface area contributed by atoms with Crippen molar-refractivity contribution < 1.29 is 28.6 Å². The van der Waals surface area contributed by atoms with E-state index in [-0.39, 0.29) is 24.3 Å². The highest BCUT2D eigenvalue weighted by molar-refractivity contribution is 6.09. The van der Waals surface area contributed by atoms with Crippen molar-refractivity contribution in [3.8, 4) is 5.75 Å². The number of esters is 1. The smallest absolute Gasteiger partial charge is 0.327 e. The van der Waals surface area contributed by atoms with Gasteiger partial charge in [0.15, 0.2) is 0 Å². The third-order valence-electron chi connectivity index (χ3n) is 6.17. The Hall–Kier alpha value is -3.26. The number of fused-ring (bicyclic) bond motifs is 1. The predicted molar refractivity (Wildman–Crippen MR) is 108 cm³/mol. The van der Waals surface area contributed by atoms with Gasteiger partial charge in [-0.2, -0.15) is 0 Å². The van der Waals surface area contributed by atoms with Crippen molar-refractivity contribution in [1.29, 1.82) is 0 Å². The molecule has 2 aliphatic rings. The molecule has 2 heterocycles. The fourth-order valence-electron chi connectivity index (χ4n) is 4.76. The van der Waals surface area contributed by atoms with Crippen molar-refractivity contribution in [2.75, 3.05) is 13.7 Å². The molecule has 0 bridgehead atoms.